The second-order valence-electron chi connectivity index (χ2n) is 5.47. The minimum absolute atomic E-state index is 0.0977. The Hall–Kier alpha value is -3.23. The number of para-hydroxylation sites is 1. The number of likely N-dealkylation sites (N-methyl/N-ethyl adjacent to an activating group) is 1. The largest absolute Gasteiger partial charge is 0.347 e. The monoisotopic (exact) mass is 345 g/mol. The van der Waals surface area contributed by atoms with Crippen molar-refractivity contribution in [3.05, 3.63) is 40.4 Å². The number of H-pyrrole nitrogens is 1. The van der Waals surface area contributed by atoms with Crippen molar-refractivity contribution in [1.29, 1.82) is 0 Å². The van der Waals surface area contributed by atoms with Crippen molar-refractivity contribution in [2.45, 2.75) is 13.5 Å². The fraction of sp³-hybridized carbons (Fsp3) is 0.312. The molecule has 0 unspecified atom stereocenters. The number of aromatic amines is 1. The third kappa shape index (κ3) is 5.13. The number of nitrogens with zero attached hydrogens (tertiary/aromatic N) is 2. The summed E-state index contributed by atoms with van der Waals surface area (Å²) in [5.74, 6) is -0.796. The lowest BCUT2D eigenvalue weighted by Crippen LogP contribution is -2.42. The number of hydrogen-bond donors (Lipinski definition) is 3. The van der Waals surface area contributed by atoms with Crippen LogP contribution in [0.2, 0.25) is 0 Å². The smallest absolute Gasteiger partial charge is 0.258 e. The highest BCUT2D eigenvalue weighted by Crippen LogP contribution is 2.06. The van der Waals surface area contributed by atoms with Gasteiger partial charge in [-0.2, -0.15) is 0 Å². The summed E-state index contributed by atoms with van der Waals surface area (Å²) in [5.41, 5.74) is 0.274. The van der Waals surface area contributed by atoms with E-state index >= 15 is 0 Å². The quantitative estimate of drug-likeness (QED) is 0.628. The van der Waals surface area contributed by atoms with Crippen LogP contribution in [-0.2, 0) is 20.9 Å². The summed E-state index contributed by atoms with van der Waals surface area (Å²) in [5, 5.41) is 5.22. The standard InChI is InChI=1S/C16H19N5O4/c1-10(22)17-7-14(23)18-8-15(24)21(2)9-13-19-12-6-4-3-5-11(12)16(25)20-13/h3-6H,7-9H2,1-2H3,(H,17,22)(H,18,23)(H,19,20,25). The van der Waals surface area contributed by atoms with Crippen LogP contribution in [0.25, 0.3) is 10.9 Å². The molecule has 0 fully saturated rings. The number of amides is 3. The van der Waals surface area contributed by atoms with E-state index in [1.807, 2.05) is 0 Å². The van der Waals surface area contributed by atoms with E-state index in [-0.39, 0.29) is 37.0 Å². The zero-order valence-electron chi connectivity index (χ0n) is 14.0. The van der Waals surface area contributed by atoms with Crippen LogP contribution in [0.15, 0.2) is 29.1 Å². The van der Waals surface area contributed by atoms with E-state index in [4.69, 9.17) is 0 Å². The minimum Gasteiger partial charge on any atom is -0.347 e. The molecule has 0 spiro atoms. The molecule has 0 saturated heterocycles. The van der Waals surface area contributed by atoms with Crippen LogP contribution in [0.1, 0.15) is 12.7 Å². The van der Waals surface area contributed by atoms with Crippen LogP contribution < -0.4 is 16.2 Å². The van der Waals surface area contributed by atoms with Crippen molar-refractivity contribution in [3.63, 3.8) is 0 Å². The maximum Gasteiger partial charge on any atom is 0.258 e. The van der Waals surface area contributed by atoms with Gasteiger partial charge in [0.05, 0.1) is 30.5 Å². The Labute approximate surface area is 143 Å². The van der Waals surface area contributed by atoms with Gasteiger partial charge in [-0.25, -0.2) is 4.98 Å². The number of nitrogens with one attached hydrogen (secondary N) is 3. The van der Waals surface area contributed by atoms with Crippen LogP contribution in [0.4, 0.5) is 0 Å². The molecule has 1 aromatic heterocycles. The maximum absolute atomic E-state index is 12.0. The van der Waals surface area contributed by atoms with Crippen molar-refractivity contribution < 1.29 is 14.4 Å². The molecule has 0 aliphatic heterocycles. The zero-order chi connectivity index (χ0) is 18.4. The first-order valence-electron chi connectivity index (χ1n) is 7.60. The van der Waals surface area contributed by atoms with Crippen molar-refractivity contribution in [2.75, 3.05) is 20.1 Å². The molecule has 0 saturated carbocycles. The summed E-state index contributed by atoms with van der Waals surface area (Å²) >= 11 is 0. The van der Waals surface area contributed by atoms with E-state index in [1.54, 1.807) is 24.3 Å². The summed E-state index contributed by atoms with van der Waals surface area (Å²) in [7, 11) is 1.54. The van der Waals surface area contributed by atoms with Gasteiger partial charge in [-0.3, -0.25) is 19.2 Å². The molecule has 9 heteroatoms. The average molecular weight is 345 g/mol. The molecule has 132 valence electrons. The van der Waals surface area contributed by atoms with E-state index in [1.165, 1.54) is 18.9 Å². The number of carbonyl (C=O) groups excluding carboxylic acids is 3. The Bertz CT molecular complexity index is 861. The molecular weight excluding hydrogens is 326 g/mol. The molecule has 0 bridgehead atoms. The fourth-order valence-corrected chi connectivity index (χ4v) is 2.10. The Morgan fingerprint density at radius 3 is 2.60 bits per heavy atom. The number of hydrogen-bond acceptors (Lipinski definition) is 5. The van der Waals surface area contributed by atoms with E-state index in [0.717, 1.165) is 0 Å². The first-order valence-corrected chi connectivity index (χ1v) is 7.60. The molecule has 0 radical (unpaired) electrons. The molecule has 3 amide bonds. The van der Waals surface area contributed by atoms with Crippen molar-refractivity contribution >= 4 is 28.6 Å². The highest BCUT2D eigenvalue weighted by Gasteiger charge is 2.13. The first kappa shape index (κ1) is 18.1. The van der Waals surface area contributed by atoms with Crippen LogP contribution in [-0.4, -0.2) is 52.7 Å². The van der Waals surface area contributed by atoms with Crippen LogP contribution in [0, 0.1) is 0 Å². The maximum atomic E-state index is 12.0. The van der Waals surface area contributed by atoms with Gasteiger partial charge in [-0.1, -0.05) is 12.1 Å². The van der Waals surface area contributed by atoms with Gasteiger partial charge in [-0.15, -0.1) is 0 Å². The lowest BCUT2D eigenvalue weighted by Gasteiger charge is -2.17. The van der Waals surface area contributed by atoms with Gasteiger partial charge < -0.3 is 20.5 Å². The third-order valence-electron chi connectivity index (χ3n) is 3.41. The van der Waals surface area contributed by atoms with Crippen molar-refractivity contribution in [2.24, 2.45) is 0 Å². The van der Waals surface area contributed by atoms with Crippen molar-refractivity contribution in [3.8, 4) is 0 Å². The van der Waals surface area contributed by atoms with E-state index in [0.29, 0.717) is 16.7 Å². The topological polar surface area (TPSA) is 124 Å². The van der Waals surface area contributed by atoms with Gasteiger partial charge >= 0.3 is 0 Å². The van der Waals surface area contributed by atoms with Gasteiger partial charge in [0, 0.05) is 14.0 Å². The van der Waals surface area contributed by atoms with Crippen molar-refractivity contribution in [1.82, 2.24) is 25.5 Å². The Balaban J connectivity index is 1.94. The first-order chi connectivity index (χ1) is 11.9. The van der Waals surface area contributed by atoms with E-state index < -0.39 is 5.91 Å². The number of rotatable bonds is 6. The van der Waals surface area contributed by atoms with Crippen LogP contribution in [0.5, 0.6) is 0 Å². The van der Waals surface area contributed by atoms with E-state index in [9.17, 15) is 19.2 Å². The van der Waals surface area contributed by atoms with Gasteiger partial charge in [0.15, 0.2) is 0 Å². The predicted molar refractivity (Wildman–Crippen MR) is 90.5 cm³/mol. The van der Waals surface area contributed by atoms with E-state index in [2.05, 4.69) is 20.6 Å². The van der Waals surface area contributed by atoms with Crippen LogP contribution >= 0.6 is 0 Å². The Morgan fingerprint density at radius 1 is 1.16 bits per heavy atom. The number of benzene rings is 1. The lowest BCUT2D eigenvalue weighted by molar-refractivity contribution is -0.132. The Morgan fingerprint density at radius 2 is 1.88 bits per heavy atom. The molecule has 1 aromatic carbocycles. The SMILES string of the molecule is CC(=O)NCC(=O)NCC(=O)N(C)Cc1nc2ccccc2c(=O)[nH]1. The summed E-state index contributed by atoms with van der Waals surface area (Å²) in [4.78, 5) is 54.5. The minimum atomic E-state index is -0.464. The molecule has 0 aliphatic carbocycles. The molecule has 0 aliphatic rings. The molecular formula is C16H19N5O4. The highest BCUT2D eigenvalue weighted by molar-refractivity contribution is 5.87. The summed E-state index contributed by atoms with van der Waals surface area (Å²) < 4.78 is 0. The second-order valence-corrected chi connectivity index (χ2v) is 5.47. The predicted octanol–water partition coefficient (Wildman–Crippen LogP) is -0.866. The number of carbonyl (C=O) groups is 3. The number of aromatic nitrogens is 2. The van der Waals surface area contributed by atoms with Gasteiger partial charge in [0.25, 0.3) is 5.56 Å². The molecule has 9 nitrogen and oxygen atoms in total. The summed E-state index contributed by atoms with van der Waals surface area (Å²) in [6.45, 7) is 0.989. The number of fused-ring (bicyclic) bond motifs is 1. The fourth-order valence-electron chi connectivity index (χ4n) is 2.10. The second kappa shape index (κ2) is 8.04. The molecule has 2 rings (SSSR count). The van der Waals surface area contributed by atoms with Gasteiger partial charge in [0.2, 0.25) is 17.7 Å². The molecule has 1 heterocycles. The molecule has 25 heavy (non-hydrogen) atoms. The summed E-state index contributed by atoms with van der Waals surface area (Å²) in [6.07, 6.45) is 0. The van der Waals surface area contributed by atoms with Gasteiger partial charge in [0.1, 0.15) is 5.82 Å². The molecule has 0 atom stereocenters. The molecule has 3 N–H and O–H groups in total. The lowest BCUT2D eigenvalue weighted by atomic mass is 10.2. The average Bonchev–Trinajstić information content (AvgIpc) is 2.57. The van der Waals surface area contributed by atoms with Crippen LogP contribution in [0.3, 0.4) is 0 Å². The van der Waals surface area contributed by atoms with Gasteiger partial charge in [-0.05, 0) is 12.1 Å². The zero-order valence-corrected chi connectivity index (χ0v) is 14.0. The summed E-state index contributed by atoms with van der Waals surface area (Å²) in [6, 6.07) is 6.92. The third-order valence-corrected chi connectivity index (χ3v) is 3.41. The Kier molecular flexibility index (Phi) is 5.83. The molecule has 2 aromatic rings. The highest BCUT2D eigenvalue weighted by atomic mass is 16.2. The normalized spacial score (nSPS) is 10.3.